The van der Waals surface area contributed by atoms with E-state index < -0.39 is 5.25 Å². The smallest absolute Gasteiger partial charge is 0.190 e. The third kappa shape index (κ3) is 2.33. The average molecular weight is 191 g/mol. The Morgan fingerprint density at radius 1 is 1.46 bits per heavy atom. The third-order valence-corrected chi connectivity index (χ3v) is 2.44. The van der Waals surface area contributed by atoms with E-state index in [0.29, 0.717) is 5.56 Å². The first-order chi connectivity index (χ1) is 6.29. The number of nitriles is 1. The minimum Gasteiger partial charge on any atom is -0.292 e. The standard InChI is InChI=1S/C10H9NOS/c1-13-9(7-11)10(12)8-5-3-2-4-6-8/h2-6,9H,1H3. The Balaban J connectivity index is 2.86. The second kappa shape index (κ2) is 4.68. The molecular weight excluding hydrogens is 182 g/mol. The summed E-state index contributed by atoms with van der Waals surface area (Å²) in [7, 11) is 0. The first-order valence-electron chi connectivity index (χ1n) is 3.81. The minimum absolute atomic E-state index is 0.115. The first-order valence-corrected chi connectivity index (χ1v) is 5.10. The highest BCUT2D eigenvalue weighted by molar-refractivity contribution is 8.00. The van der Waals surface area contributed by atoms with Crippen LogP contribution in [0.2, 0.25) is 0 Å². The molecule has 0 radical (unpaired) electrons. The van der Waals surface area contributed by atoms with Crippen LogP contribution in [-0.4, -0.2) is 17.3 Å². The van der Waals surface area contributed by atoms with Crippen LogP contribution in [0.1, 0.15) is 10.4 Å². The van der Waals surface area contributed by atoms with E-state index in [-0.39, 0.29) is 5.78 Å². The van der Waals surface area contributed by atoms with Gasteiger partial charge >= 0.3 is 0 Å². The SMILES string of the molecule is CSC(C#N)C(=O)c1ccccc1. The number of nitrogens with zero attached hydrogens (tertiary/aromatic N) is 1. The molecule has 0 saturated heterocycles. The lowest BCUT2D eigenvalue weighted by atomic mass is 10.1. The number of hydrogen-bond acceptors (Lipinski definition) is 3. The average Bonchev–Trinajstić information content (AvgIpc) is 2.21. The van der Waals surface area contributed by atoms with Crippen LogP contribution in [-0.2, 0) is 0 Å². The predicted molar refractivity (Wildman–Crippen MR) is 53.7 cm³/mol. The van der Waals surface area contributed by atoms with Crippen molar-refractivity contribution in [3.63, 3.8) is 0 Å². The molecule has 0 saturated carbocycles. The highest BCUT2D eigenvalue weighted by Gasteiger charge is 2.17. The summed E-state index contributed by atoms with van der Waals surface area (Å²) >= 11 is 1.26. The van der Waals surface area contributed by atoms with Crippen LogP contribution >= 0.6 is 11.8 Å². The number of benzene rings is 1. The molecule has 1 atom stereocenters. The number of ketones is 1. The Kier molecular flexibility index (Phi) is 3.53. The molecule has 1 aromatic rings. The lowest BCUT2D eigenvalue weighted by Gasteiger charge is -2.03. The molecule has 13 heavy (non-hydrogen) atoms. The zero-order valence-electron chi connectivity index (χ0n) is 7.23. The summed E-state index contributed by atoms with van der Waals surface area (Å²) in [6.07, 6.45) is 1.76. The molecule has 0 spiro atoms. The Bertz CT molecular complexity index is 329. The van der Waals surface area contributed by atoms with E-state index in [0.717, 1.165) is 0 Å². The largest absolute Gasteiger partial charge is 0.292 e. The Morgan fingerprint density at radius 2 is 2.08 bits per heavy atom. The molecule has 0 amide bonds. The van der Waals surface area contributed by atoms with E-state index in [2.05, 4.69) is 0 Å². The zero-order chi connectivity index (χ0) is 9.68. The summed E-state index contributed by atoms with van der Waals surface area (Å²) in [5.41, 5.74) is 0.600. The fraction of sp³-hybridized carbons (Fsp3) is 0.200. The summed E-state index contributed by atoms with van der Waals surface area (Å²) in [5.74, 6) is -0.115. The van der Waals surface area contributed by atoms with Crippen molar-refractivity contribution in [1.29, 1.82) is 5.26 Å². The molecule has 66 valence electrons. The summed E-state index contributed by atoms with van der Waals surface area (Å²) < 4.78 is 0. The van der Waals surface area contributed by atoms with E-state index >= 15 is 0 Å². The van der Waals surface area contributed by atoms with Crippen molar-refractivity contribution in [3.8, 4) is 6.07 Å². The summed E-state index contributed by atoms with van der Waals surface area (Å²) in [6, 6.07) is 10.8. The molecule has 0 bridgehead atoms. The molecular formula is C10H9NOS. The van der Waals surface area contributed by atoms with Crippen molar-refractivity contribution in [2.24, 2.45) is 0 Å². The molecule has 0 aromatic heterocycles. The number of carbonyl (C=O) groups is 1. The van der Waals surface area contributed by atoms with Gasteiger partial charge in [-0.25, -0.2) is 0 Å². The van der Waals surface area contributed by atoms with Gasteiger partial charge < -0.3 is 0 Å². The molecule has 1 unspecified atom stereocenters. The van der Waals surface area contributed by atoms with Crippen LogP contribution in [0.15, 0.2) is 30.3 Å². The Labute approximate surface area is 81.6 Å². The number of hydrogen-bond donors (Lipinski definition) is 0. The minimum atomic E-state index is -0.581. The molecule has 3 heteroatoms. The fourth-order valence-corrected chi connectivity index (χ4v) is 1.43. The number of rotatable bonds is 3. The quantitative estimate of drug-likeness (QED) is 0.687. The van der Waals surface area contributed by atoms with E-state index in [9.17, 15) is 4.79 Å². The summed E-state index contributed by atoms with van der Waals surface area (Å²) in [5, 5.41) is 8.08. The van der Waals surface area contributed by atoms with Gasteiger partial charge in [0.05, 0.1) is 6.07 Å². The van der Waals surface area contributed by atoms with Gasteiger partial charge in [0.25, 0.3) is 0 Å². The predicted octanol–water partition coefficient (Wildman–Crippen LogP) is 2.12. The van der Waals surface area contributed by atoms with Gasteiger partial charge in [0, 0.05) is 5.56 Å². The maximum Gasteiger partial charge on any atom is 0.190 e. The normalized spacial score (nSPS) is 11.7. The van der Waals surface area contributed by atoms with Crippen LogP contribution in [0.3, 0.4) is 0 Å². The van der Waals surface area contributed by atoms with Crippen LogP contribution in [0.5, 0.6) is 0 Å². The van der Waals surface area contributed by atoms with Crippen molar-refractivity contribution in [2.45, 2.75) is 5.25 Å². The fourth-order valence-electron chi connectivity index (χ4n) is 0.972. The topological polar surface area (TPSA) is 40.9 Å². The van der Waals surface area contributed by atoms with Crippen molar-refractivity contribution < 1.29 is 4.79 Å². The van der Waals surface area contributed by atoms with Crippen molar-refractivity contribution >= 4 is 17.5 Å². The zero-order valence-corrected chi connectivity index (χ0v) is 8.04. The monoisotopic (exact) mass is 191 g/mol. The van der Waals surface area contributed by atoms with Gasteiger partial charge in [0.2, 0.25) is 0 Å². The first kappa shape index (κ1) is 9.82. The highest BCUT2D eigenvalue weighted by atomic mass is 32.2. The Hall–Kier alpha value is -1.27. The van der Waals surface area contributed by atoms with Gasteiger partial charge in [-0.3, -0.25) is 4.79 Å². The Morgan fingerprint density at radius 3 is 2.54 bits per heavy atom. The lowest BCUT2D eigenvalue weighted by Crippen LogP contribution is -2.14. The van der Waals surface area contributed by atoms with Crippen LogP contribution in [0.4, 0.5) is 0 Å². The van der Waals surface area contributed by atoms with Gasteiger partial charge in [-0.05, 0) is 6.26 Å². The van der Waals surface area contributed by atoms with Crippen LogP contribution in [0.25, 0.3) is 0 Å². The van der Waals surface area contributed by atoms with E-state index in [1.54, 1.807) is 30.5 Å². The molecule has 0 aliphatic heterocycles. The van der Waals surface area contributed by atoms with Crippen molar-refractivity contribution in [2.75, 3.05) is 6.26 Å². The van der Waals surface area contributed by atoms with Gasteiger partial charge in [0.15, 0.2) is 11.0 Å². The maximum absolute atomic E-state index is 11.6. The number of Topliss-reactive ketones (excluding diaryl/α,β-unsaturated/α-hetero) is 1. The lowest BCUT2D eigenvalue weighted by molar-refractivity contribution is 0.100. The van der Waals surface area contributed by atoms with E-state index in [1.807, 2.05) is 12.1 Å². The molecule has 0 N–H and O–H groups in total. The van der Waals surface area contributed by atoms with Gasteiger partial charge in [-0.2, -0.15) is 5.26 Å². The second-order valence-corrected chi connectivity index (χ2v) is 3.42. The maximum atomic E-state index is 11.6. The van der Waals surface area contributed by atoms with E-state index in [1.165, 1.54) is 11.8 Å². The molecule has 1 rings (SSSR count). The number of thioether (sulfide) groups is 1. The van der Waals surface area contributed by atoms with E-state index in [4.69, 9.17) is 5.26 Å². The van der Waals surface area contributed by atoms with Gasteiger partial charge in [-0.1, -0.05) is 30.3 Å². The highest BCUT2D eigenvalue weighted by Crippen LogP contribution is 2.12. The van der Waals surface area contributed by atoms with Crippen LogP contribution in [0, 0.1) is 11.3 Å². The van der Waals surface area contributed by atoms with Crippen LogP contribution < -0.4 is 0 Å². The molecule has 0 fully saturated rings. The van der Waals surface area contributed by atoms with Gasteiger partial charge in [0.1, 0.15) is 0 Å². The molecule has 1 aromatic carbocycles. The third-order valence-electron chi connectivity index (χ3n) is 1.65. The summed E-state index contributed by atoms with van der Waals surface area (Å²) in [6.45, 7) is 0. The van der Waals surface area contributed by atoms with Crippen molar-refractivity contribution in [1.82, 2.24) is 0 Å². The van der Waals surface area contributed by atoms with Gasteiger partial charge in [-0.15, -0.1) is 11.8 Å². The number of carbonyl (C=O) groups excluding carboxylic acids is 1. The molecule has 0 aliphatic rings. The summed E-state index contributed by atoms with van der Waals surface area (Å²) in [4.78, 5) is 11.6. The molecule has 0 heterocycles. The van der Waals surface area contributed by atoms with Crippen molar-refractivity contribution in [3.05, 3.63) is 35.9 Å². The molecule has 2 nitrogen and oxygen atoms in total. The molecule has 0 aliphatic carbocycles. The second-order valence-electron chi connectivity index (χ2n) is 2.48.